The Balaban J connectivity index is 1.59. The first-order chi connectivity index (χ1) is 15.1. The number of aromatic nitrogens is 2. The first kappa shape index (κ1) is 21.8. The number of hydrogen-bond acceptors (Lipinski definition) is 5. The highest BCUT2D eigenvalue weighted by atomic mass is 32.1. The maximum atomic E-state index is 5.50. The van der Waals surface area contributed by atoms with E-state index in [0.717, 1.165) is 50.8 Å². The van der Waals surface area contributed by atoms with Gasteiger partial charge < -0.3 is 20.4 Å². The van der Waals surface area contributed by atoms with Crippen LogP contribution in [0.4, 0.5) is 17.6 Å². The Hall–Kier alpha value is -2.41. The molecule has 3 heterocycles. The molecule has 1 aromatic carbocycles. The third-order valence-electron chi connectivity index (χ3n) is 5.98. The average molecular weight is 439 g/mol. The van der Waals surface area contributed by atoms with E-state index in [9.17, 15) is 0 Å². The van der Waals surface area contributed by atoms with Crippen molar-refractivity contribution in [3.63, 3.8) is 0 Å². The van der Waals surface area contributed by atoms with Gasteiger partial charge in [-0.2, -0.15) is 9.97 Å². The molecule has 4 rings (SSSR count). The van der Waals surface area contributed by atoms with E-state index in [1.54, 1.807) is 0 Å². The Morgan fingerprint density at radius 3 is 2.35 bits per heavy atom. The van der Waals surface area contributed by atoms with E-state index in [1.165, 1.54) is 36.8 Å². The molecule has 0 bridgehead atoms. The molecule has 166 valence electrons. The van der Waals surface area contributed by atoms with Gasteiger partial charge in [-0.05, 0) is 48.5 Å². The van der Waals surface area contributed by atoms with Gasteiger partial charge in [0.25, 0.3) is 0 Å². The number of benzene rings is 1. The van der Waals surface area contributed by atoms with Crippen LogP contribution >= 0.6 is 12.2 Å². The lowest BCUT2D eigenvalue weighted by Crippen LogP contribution is -2.34. The highest BCUT2D eigenvalue weighted by Crippen LogP contribution is 2.28. The third kappa shape index (κ3) is 5.85. The summed E-state index contributed by atoms with van der Waals surface area (Å²) in [6, 6.07) is 10.9. The summed E-state index contributed by atoms with van der Waals surface area (Å²) < 4.78 is 0. The van der Waals surface area contributed by atoms with Crippen molar-refractivity contribution >= 4 is 34.9 Å². The number of hydrogen-bond donors (Lipinski definition) is 2. The molecular weight excluding hydrogens is 404 g/mol. The molecular formula is C24H34N6S. The molecule has 0 unspecified atom stereocenters. The summed E-state index contributed by atoms with van der Waals surface area (Å²) in [6.45, 7) is 9.10. The van der Waals surface area contributed by atoms with Gasteiger partial charge in [-0.3, -0.25) is 0 Å². The quantitative estimate of drug-likeness (QED) is 0.673. The molecule has 2 aromatic rings. The molecule has 7 heteroatoms. The SMILES string of the molecule is CC(C)CNC(=S)Nc1nc(N2CCCCCC2)cc(N2CCc3ccccc3C2)n1. The van der Waals surface area contributed by atoms with Crippen LogP contribution in [0, 0.1) is 5.92 Å². The van der Waals surface area contributed by atoms with Crippen LogP contribution < -0.4 is 20.4 Å². The molecule has 1 fully saturated rings. The Morgan fingerprint density at radius 2 is 1.65 bits per heavy atom. The van der Waals surface area contributed by atoms with Gasteiger partial charge in [0.05, 0.1) is 0 Å². The van der Waals surface area contributed by atoms with Crippen molar-refractivity contribution in [1.82, 2.24) is 15.3 Å². The zero-order chi connectivity index (χ0) is 21.6. The molecule has 0 amide bonds. The van der Waals surface area contributed by atoms with E-state index >= 15 is 0 Å². The van der Waals surface area contributed by atoms with Crippen LogP contribution in [0.5, 0.6) is 0 Å². The van der Waals surface area contributed by atoms with Gasteiger partial charge in [-0.1, -0.05) is 51.0 Å². The highest BCUT2D eigenvalue weighted by molar-refractivity contribution is 7.80. The monoisotopic (exact) mass is 438 g/mol. The van der Waals surface area contributed by atoms with Gasteiger partial charge in [0.2, 0.25) is 5.95 Å². The van der Waals surface area contributed by atoms with Crippen molar-refractivity contribution in [3.8, 4) is 0 Å². The smallest absolute Gasteiger partial charge is 0.232 e. The summed E-state index contributed by atoms with van der Waals surface area (Å²) in [6.07, 6.45) is 6.06. The molecule has 2 aliphatic heterocycles. The van der Waals surface area contributed by atoms with E-state index in [2.05, 4.69) is 64.6 Å². The zero-order valence-corrected chi connectivity index (χ0v) is 19.5. The summed E-state index contributed by atoms with van der Waals surface area (Å²) in [5.41, 5.74) is 2.82. The minimum atomic E-state index is 0.521. The topological polar surface area (TPSA) is 56.3 Å². The zero-order valence-electron chi connectivity index (χ0n) is 18.7. The van der Waals surface area contributed by atoms with Crippen LogP contribution in [0.15, 0.2) is 30.3 Å². The van der Waals surface area contributed by atoms with Gasteiger partial charge in [0.1, 0.15) is 11.6 Å². The second-order valence-electron chi connectivity index (χ2n) is 8.98. The summed E-state index contributed by atoms with van der Waals surface area (Å²) in [5, 5.41) is 7.08. The Bertz CT molecular complexity index is 891. The first-order valence-electron chi connectivity index (χ1n) is 11.6. The summed E-state index contributed by atoms with van der Waals surface area (Å²) in [5.74, 6) is 3.07. The minimum absolute atomic E-state index is 0.521. The molecule has 2 N–H and O–H groups in total. The van der Waals surface area contributed by atoms with E-state index in [0.29, 0.717) is 17.0 Å². The maximum Gasteiger partial charge on any atom is 0.232 e. The molecule has 0 saturated carbocycles. The first-order valence-corrected chi connectivity index (χ1v) is 12.0. The van der Waals surface area contributed by atoms with Gasteiger partial charge in [-0.25, -0.2) is 0 Å². The largest absolute Gasteiger partial charge is 0.362 e. The second kappa shape index (κ2) is 10.3. The predicted octanol–water partition coefficient (Wildman–Crippen LogP) is 4.36. The van der Waals surface area contributed by atoms with Crippen molar-refractivity contribution in [2.45, 2.75) is 52.5 Å². The van der Waals surface area contributed by atoms with E-state index in [4.69, 9.17) is 22.2 Å². The lowest BCUT2D eigenvalue weighted by molar-refractivity contribution is 0.627. The summed E-state index contributed by atoms with van der Waals surface area (Å²) >= 11 is 5.50. The van der Waals surface area contributed by atoms with Gasteiger partial charge in [0, 0.05) is 38.8 Å². The number of fused-ring (bicyclic) bond motifs is 1. The van der Waals surface area contributed by atoms with Crippen LogP contribution in [-0.2, 0) is 13.0 Å². The fourth-order valence-electron chi connectivity index (χ4n) is 4.24. The highest BCUT2D eigenvalue weighted by Gasteiger charge is 2.21. The fraction of sp³-hybridized carbons (Fsp3) is 0.542. The van der Waals surface area contributed by atoms with Crippen LogP contribution in [-0.4, -0.2) is 41.3 Å². The molecule has 0 atom stereocenters. The molecule has 1 aromatic heterocycles. The van der Waals surface area contributed by atoms with Crippen LogP contribution in [0.25, 0.3) is 0 Å². The lowest BCUT2D eigenvalue weighted by atomic mass is 10.00. The van der Waals surface area contributed by atoms with Gasteiger partial charge >= 0.3 is 0 Å². The van der Waals surface area contributed by atoms with Crippen LogP contribution in [0.1, 0.15) is 50.7 Å². The molecule has 0 spiro atoms. The van der Waals surface area contributed by atoms with Crippen molar-refractivity contribution < 1.29 is 0 Å². The number of nitrogens with one attached hydrogen (secondary N) is 2. The van der Waals surface area contributed by atoms with E-state index < -0.39 is 0 Å². The number of anilines is 3. The van der Waals surface area contributed by atoms with Crippen molar-refractivity contribution in [1.29, 1.82) is 0 Å². The number of rotatable bonds is 5. The van der Waals surface area contributed by atoms with Gasteiger partial charge in [0.15, 0.2) is 5.11 Å². The van der Waals surface area contributed by atoms with Crippen molar-refractivity contribution in [2.24, 2.45) is 5.92 Å². The Morgan fingerprint density at radius 1 is 0.968 bits per heavy atom. The lowest BCUT2D eigenvalue weighted by Gasteiger charge is -2.31. The fourth-order valence-corrected chi connectivity index (χ4v) is 4.41. The maximum absolute atomic E-state index is 5.50. The third-order valence-corrected chi connectivity index (χ3v) is 6.23. The molecule has 0 radical (unpaired) electrons. The van der Waals surface area contributed by atoms with Crippen molar-refractivity contribution in [2.75, 3.05) is 41.3 Å². The molecule has 0 aliphatic carbocycles. The molecule has 6 nitrogen and oxygen atoms in total. The number of nitrogens with zero attached hydrogens (tertiary/aromatic N) is 4. The average Bonchev–Trinajstić information content (AvgIpc) is 3.07. The molecule has 31 heavy (non-hydrogen) atoms. The number of thiocarbonyl (C=S) groups is 1. The van der Waals surface area contributed by atoms with E-state index in [-0.39, 0.29) is 0 Å². The summed E-state index contributed by atoms with van der Waals surface area (Å²) in [7, 11) is 0. The van der Waals surface area contributed by atoms with Crippen molar-refractivity contribution in [3.05, 3.63) is 41.5 Å². The van der Waals surface area contributed by atoms with Gasteiger partial charge in [-0.15, -0.1) is 0 Å². The van der Waals surface area contributed by atoms with E-state index in [1.807, 2.05) is 0 Å². The Kier molecular flexibility index (Phi) is 7.22. The van der Waals surface area contributed by atoms with Crippen LogP contribution in [0.3, 0.4) is 0 Å². The van der Waals surface area contributed by atoms with Crippen LogP contribution in [0.2, 0.25) is 0 Å². The Labute approximate surface area is 191 Å². The molecule has 2 aliphatic rings. The standard InChI is InChI=1S/C24H34N6S/c1-18(2)16-25-24(31)28-23-26-21(29-12-7-3-4-8-13-29)15-22(27-23)30-14-11-19-9-5-6-10-20(19)17-30/h5-6,9-10,15,18H,3-4,7-8,11-14,16-17H2,1-2H3,(H2,25,26,27,28,31). The summed E-state index contributed by atoms with van der Waals surface area (Å²) in [4.78, 5) is 14.5. The molecule has 1 saturated heterocycles. The second-order valence-corrected chi connectivity index (χ2v) is 9.39. The normalized spacial score (nSPS) is 16.6. The minimum Gasteiger partial charge on any atom is -0.362 e. The predicted molar refractivity (Wildman–Crippen MR) is 133 cm³/mol.